The van der Waals surface area contributed by atoms with Crippen molar-refractivity contribution in [2.45, 2.75) is 31.8 Å². The number of piperidine rings is 2. The van der Waals surface area contributed by atoms with Gasteiger partial charge in [-0.1, -0.05) is 0 Å². The van der Waals surface area contributed by atoms with Gasteiger partial charge in [0.05, 0.1) is 6.10 Å². The zero-order valence-corrected chi connectivity index (χ0v) is 11.1. The van der Waals surface area contributed by atoms with Gasteiger partial charge in [0.1, 0.15) is 0 Å². The molecule has 2 saturated heterocycles. The number of nitrogens with one attached hydrogen (secondary N) is 1. The lowest BCUT2D eigenvalue weighted by atomic mass is 9.96. The van der Waals surface area contributed by atoms with E-state index >= 15 is 0 Å². The van der Waals surface area contributed by atoms with Crippen molar-refractivity contribution < 1.29 is 4.74 Å². The maximum atomic E-state index is 5.39. The highest BCUT2D eigenvalue weighted by Gasteiger charge is 2.22. The highest BCUT2D eigenvalue weighted by Crippen LogP contribution is 2.18. The Morgan fingerprint density at radius 2 is 1.75 bits per heavy atom. The van der Waals surface area contributed by atoms with Crippen LogP contribution in [0.3, 0.4) is 0 Å². The largest absolute Gasteiger partial charge is 0.381 e. The molecule has 0 saturated carbocycles. The fourth-order valence-electron chi connectivity index (χ4n) is 2.76. The van der Waals surface area contributed by atoms with Crippen LogP contribution < -0.4 is 5.32 Å². The van der Waals surface area contributed by atoms with Crippen LogP contribution in [0.25, 0.3) is 0 Å². The number of likely N-dealkylation sites (tertiary alicyclic amines) is 1. The molecule has 0 bridgehead atoms. The monoisotopic (exact) mass is 248 g/mol. The fraction of sp³-hybridized carbons (Fsp3) is 1.00. The van der Waals surface area contributed by atoms with Crippen LogP contribution in [0.1, 0.15) is 25.7 Å². The van der Waals surface area contributed by atoms with Crippen molar-refractivity contribution in [1.82, 2.24) is 10.2 Å². The summed E-state index contributed by atoms with van der Waals surface area (Å²) in [7, 11) is 1.84. The Bertz CT molecular complexity index is 178. The van der Waals surface area contributed by atoms with Gasteiger partial charge >= 0.3 is 0 Å². The molecule has 16 heavy (non-hydrogen) atoms. The summed E-state index contributed by atoms with van der Waals surface area (Å²) in [5.41, 5.74) is 0. The van der Waals surface area contributed by atoms with Crippen molar-refractivity contribution in [3.05, 3.63) is 0 Å². The van der Waals surface area contributed by atoms with Crippen LogP contribution >= 0.6 is 12.4 Å². The Morgan fingerprint density at radius 1 is 1.12 bits per heavy atom. The lowest BCUT2D eigenvalue weighted by Crippen LogP contribution is -2.41. The van der Waals surface area contributed by atoms with Crippen LogP contribution in [0.15, 0.2) is 0 Å². The summed E-state index contributed by atoms with van der Waals surface area (Å²) >= 11 is 0. The summed E-state index contributed by atoms with van der Waals surface area (Å²) < 4.78 is 5.39. The number of nitrogens with zero attached hydrogens (tertiary/aromatic N) is 1. The second-order valence-corrected chi connectivity index (χ2v) is 4.93. The van der Waals surface area contributed by atoms with Gasteiger partial charge in [-0.25, -0.2) is 0 Å². The van der Waals surface area contributed by atoms with Crippen LogP contribution in [-0.2, 0) is 4.74 Å². The molecule has 0 unspecified atom stereocenters. The highest BCUT2D eigenvalue weighted by molar-refractivity contribution is 5.85. The normalized spacial score (nSPS) is 25.3. The summed E-state index contributed by atoms with van der Waals surface area (Å²) in [6.45, 7) is 6.24. The van der Waals surface area contributed by atoms with Crippen molar-refractivity contribution in [2.75, 3.05) is 39.8 Å². The maximum Gasteiger partial charge on any atom is 0.0595 e. The van der Waals surface area contributed by atoms with Gasteiger partial charge in [-0.3, -0.25) is 0 Å². The summed E-state index contributed by atoms with van der Waals surface area (Å²) in [4.78, 5) is 2.63. The molecule has 0 atom stereocenters. The summed E-state index contributed by atoms with van der Waals surface area (Å²) in [6, 6.07) is 0. The number of rotatable bonds is 3. The molecule has 0 radical (unpaired) electrons. The van der Waals surface area contributed by atoms with Crippen LogP contribution in [0.2, 0.25) is 0 Å². The van der Waals surface area contributed by atoms with E-state index in [1.165, 1.54) is 58.4 Å². The third-order valence-electron chi connectivity index (χ3n) is 3.84. The minimum Gasteiger partial charge on any atom is -0.381 e. The fourth-order valence-corrected chi connectivity index (χ4v) is 2.76. The van der Waals surface area contributed by atoms with E-state index in [0.29, 0.717) is 6.10 Å². The van der Waals surface area contributed by atoms with E-state index in [-0.39, 0.29) is 12.4 Å². The first-order chi connectivity index (χ1) is 7.38. The van der Waals surface area contributed by atoms with Crippen molar-refractivity contribution in [3.8, 4) is 0 Å². The molecule has 2 rings (SSSR count). The smallest absolute Gasteiger partial charge is 0.0595 e. The SMILES string of the molecule is COC1CCN(CC2CCNCC2)CC1.Cl. The lowest BCUT2D eigenvalue weighted by molar-refractivity contribution is 0.0350. The van der Waals surface area contributed by atoms with Crippen LogP contribution in [0.4, 0.5) is 0 Å². The van der Waals surface area contributed by atoms with Crippen LogP contribution in [0.5, 0.6) is 0 Å². The molecule has 96 valence electrons. The zero-order valence-electron chi connectivity index (χ0n) is 10.3. The minimum absolute atomic E-state index is 0. The van der Waals surface area contributed by atoms with Crippen molar-refractivity contribution in [2.24, 2.45) is 5.92 Å². The van der Waals surface area contributed by atoms with Gasteiger partial charge in [0.2, 0.25) is 0 Å². The summed E-state index contributed by atoms with van der Waals surface area (Å²) in [5.74, 6) is 0.936. The molecule has 0 amide bonds. The molecule has 2 aliphatic heterocycles. The Labute approximate surface area is 105 Å². The molecule has 0 spiro atoms. The summed E-state index contributed by atoms with van der Waals surface area (Å²) in [5, 5.41) is 3.43. The number of halogens is 1. The standard InChI is InChI=1S/C12H24N2O.ClH/c1-15-12-4-8-14(9-5-12)10-11-2-6-13-7-3-11;/h11-13H,2-10H2,1H3;1H. The molecule has 0 aliphatic carbocycles. The third kappa shape index (κ3) is 4.21. The second-order valence-electron chi connectivity index (χ2n) is 4.93. The summed E-state index contributed by atoms with van der Waals surface area (Å²) in [6.07, 6.45) is 5.70. The number of hydrogen-bond donors (Lipinski definition) is 1. The number of ether oxygens (including phenoxy) is 1. The minimum atomic E-state index is 0. The number of methoxy groups -OCH3 is 1. The maximum absolute atomic E-state index is 5.39. The molecule has 3 nitrogen and oxygen atoms in total. The van der Waals surface area contributed by atoms with Crippen LogP contribution in [0, 0.1) is 5.92 Å². The van der Waals surface area contributed by atoms with Crippen LogP contribution in [-0.4, -0.2) is 50.8 Å². The van der Waals surface area contributed by atoms with Gasteiger partial charge in [0.15, 0.2) is 0 Å². The first-order valence-corrected chi connectivity index (χ1v) is 6.34. The van der Waals surface area contributed by atoms with E-state index < -0.39 is 0 Å². The first-order valence-electron chi connectivity index (χ1n) is 6.34. The molecule has 2 heterocycles. The molecule has 0 aromatic rings. The predicted molar refractivity (Wildman–Crippen MR) is 69.3 cm³/mol. The highest BCUT2D eigenvalue weighted by atomic mass is 35.5. The molecule has 2 fully saturated rings. The first kappa shape index (κ1) is 14.2. The van der Waals surface area contributed by atoms with E-state index in [1.807, 2.05) is 7.11 Å². The molecule has 2 aliphatic rings. The molecule has 0 aromatic heterocycles. The molecular formula is C12H25ClN2O. The van der Waals surface area contributed by atoms with Crippen molar-refractivity contribution in [3.63, 3.8) is 0 Å². The zero-order chi connectivity index (χ0) is 10.5. The second kappa shape index (κ2) is 7.49. The lowest BCUT2D eigenvalue weighted by Gasteiger charge is -2.34. The average molecular weight is 249 g/mol. The average Bonchev–Trinajstić information content (AvgIpc) is 2.31. The van der Waals surface area contributed by atoms with Gasteiger partial charge < -0.3 is 15.0 Å². The van der Waals surface area contributed by atoms with Crippen molar-refractivity contribution in [1.29, 1.82) is 0 Å². The molecular weight excluding hydrogens is 224 g/mol. The topological polar surface area (TPSA) is 24.5 Å². The third-order valence-corrected chi connectivity index (χ3v) is 3.84. The van der Waals surface area contributed by atoms with E-state index in [1.54, 1.807) is 0 Å². The van der Waals surface area contributed by atoms with Gasteiger partial charge in [-0.05, 0) is 44.7 Å². The van der Waals surface area contributed by atoms with Gasteiger partial charge in [-0.2, -0.15) is 0 Å². The molecule has 0 aromatic carbocycles. The Morgan fingerprint density at radius 3 is 2.31 bits per heavy atom. The van der Waals surface area contributed by atoms with E-state index in [0.717, 1.165) is 5.92 Å². The molecule has 4 heteroatoms. The van der Waals surface area contributed by atoms with Crippen molar-refractivity contribution >= 4 is 12.4 Å². The van der Waals surface area contributed by atoms with E-state index in [9.17, 15) is 0 Å². The predicted octanol–water partition coefficient (Wildman–Crippen LogP) is 1.52. The van der Waals surface area contributed by atoms with Gasteiger partial charge in [0, 0.05) is 26.7 Å². The number of hydrogen-bond acceptors (Lipinski definition) is 3. The van der Waals surface area contributed by atoms with Gasteiger partial charge in [0.25, 0.3) is 0 Å². The van der Waals surface area contributed by atoms with Gasteiger partial charge in [-0.15, -0.1) is 12.4 Å². The Kier molecular flexibility index (Phi) is 6.66. The Hall–Kier alpha value is 0.170. The Balaban J connectivity index is 0.00000128. The molecule has 1 N–H and O–H groups in total. The quantitative estimate of drug-likeness (QED) is 0.820. The van der Waals surface area contributed by atoms with E-state index in [4.69, 9.17) is 4.74 Å². The van der Waals surface area contributed by atoms with E-state index in [2.05, 4.69) is 10.2 Å².